The number of carbonyl (C=O) groups is 1. The molecule has 3 rings (SSSR count). The van der Waals surface area contributed by atoms with Gasteiger partial charge >= 0.3 is 6.03 Å². The molecule has 4 nitrogen and oxygen atoms in total. The van der Waals surface area contributed by atoms with E-state index in [1.54, 1.807) is 17.0 Å². The minimum Gasteiger partial charge on any atom is -0.306 e. The Hall–Kier alpha value is -1.89. The summed E-state index contributed by atoms with van der Waals surface area (Å²) in [7, 11) is 0. The third kappa shape index (κ3) is 4.21. The number of aromatic nitrogens is 1. The van der Waals surface area contributed by atoms with Crippen molar-refractivity contribution >= 4 is 55.7 Å². The fourth-order valence-corrected chi connectivity index (χ4v) is 3.60. The Morgan fingerprint density at radius 1 is 1.24 bits per heavy atom. The number of carbonyl (C=O) groups excluding carboxylic acids is 1. The van der Waals surface area contributed by atoms with E-state index in [0.29, 0.717) is 22.4 Å². The molecule has 1 aromatic heterocycles. The first-order valence-electron chi connectivity index (χ1n) is 7.63. The van der Waals surface area contributed by atoms with Crippen LogP contribution >= 0.6 is 38.9 Å². The van der Waals surface area contributed by atoms with Crippen LogP contribution in [0.15, 0.2) is 58.4 Å². The molecule has 7 heteroatoms. The van der Waals surface area contributed by atoms with Crippen molar-refractivity contribution < 1.29 is 4.79 Å². The first-order valence-corrected chi connectivity index (χ1v) is 9.68. The smallest absolute Gasteiger partial charge is 0.306 e. The van der Waals surface area contributed by atoms with Crippen molar-refractivity contribution in [3.8, 4) is 11.3 Å². The molecular weight excluding hydrogens is 422 g/mol. The minimum atomic E-state index is -0.257. The van der Waals surface area contributed by atoms with E-state index in [1.165, 1.54) is 11.3 Å². The van der Waals surface area contributed by atoms with E-state index < -0.39 is 0 Å². The van der Waals surface area contributed by atoms with E-state index in [1.807, 2.05) is 48.7 Å². The zero-order chi connectivity index (χ0) is 17.8. The lowest BCUT2D eigenvalue weighted by molar-refractivity contribution is 0.257. The lowest BCUT2D eigenvalue weighted by Gasteiger charge is -2.18. The number of benzene rings is 2. The minimum absolute atomic E-state index is 0.257. The lowest BCUT2D eigenvalue weighted by atomic mass is 10.2. The molecule has 1 heterocycles. The van der Waals surface area contributed by atoms with Crippen LogP contribution in [0.5, 0.6) is 0 Å². The van der Waals surface area contributed by atoms with Crippen molar-refractivity contribution in [3.63, 3.8) is 0 Å². The van der Waals surface area contributed by atoms with Gasteiger partial charge in [0.2, 0.25) is 0 Å². The van der Waals surface area contributed by atoms with Crippen LogP contribution in [-0.2, 0) is 0 Å². The number of thiazole rings is 1. The van der Waals surface area contributed by atoms with Crippen molar-refractivity contribution in [2.75, 3.05) is 16.8 Å². The molecule has 0 unspecified atom stereocenters. The number of rotatable bonds is 4. The second-order valence-corrected chi connectivity index (χ2v) is 7.34. The summed E-state index contributed by atoms with van der Waals surface area (Å²) in [5, 5.41) is 5.93. The molecule has 2 aromatic carbocycles. The van der Waals surface area contributed by atoms with Crippen molar-refractivity contribution in [1.82, 2.24) is 4.98 Å². The number of amides is 2. The second kappa shape index (κ2) is 7.99. The predicted molar refractivity (Wildman–Crippen MR) is 109 cm³/mol. The number of hydrogen-bond donors (Lipinski definition) is 1. The Labute approximate surface area is 163 Å². The van der Waals surface area contributed by atoms with Crippen LogP contribution in [0.2, 0.25) is 5.02 Å². The quantitative estimate of drug-likeness (QED) is 0.523. The number of urea groups is 1. The second-order valence-electron chi connectivity index (χ2n) is 5.18. The number of hydrogen-bond acceptors (Lipinski definition) is 3. The van der Waals surface area contributed by atoms with E-state index >= 15 is 0 Å². The fraction of sp³-hybridized carbons (Fsp3) is 0.111. The molecule has 25 heavy (non-hydrogen) atoms. The highest BCUT2D eigenvalue weighted by atomic mass is 79.9. The van der Waals surface area contributed by atoms with Gasteiger partial charge in [-0.05, 0) is 31.2 Å². The normalized spacial score (nSPS) is 10.5. The molecule has 0 radical (unpaired) electrons. The summed E-state index contributed by atoms with van der Waals surface area (Å²) in [5.74, 6) is 0. The molecule has 2 amide bonds. The molecular formula is C18H15BrClN3OS. The summed E-state index contributed by atoms with van der Waals surface area (Å²) < 4.78 is 1.01. The van der Waals surface area contributed by atoms with Gasteiger partial charge in [0, 0.05) is 22.0 Å². The van der Waals surface area contributed by atoms with Gasteiger partial charge in [-0.2, -0.15) is 0 Å². The van der Waals surface area contributed by atoms with Crippen LogP contribution < -0.4 is 10.2 Å². The van der Waals surface area contributed by atoms with Gasteiger partial charge in [0.15, 0.2) is 5.13 Å². The van der Waals surface area contributed by atoms with Crippen LogP contribution in [-0.4, -0.2) is 17.6 Å². The molecule has 0 bridgehead atoms. The van der Waals surface area contributed by atoms with Crippen molar-refractivity contribution in [2.24, 2.45) is 0 Å². The summed E-state index contributed by atoms with van der Waals surface area (Å²) in [6.45, 7) is 2.41. The van der Waals surface area contributed by atoms with E-state index in [-0.39, 0.29) is 6.03 Å². The van der Waals surface area contributed by atoms with E-state index in [2.05, 4.69) is 26.2 Å². The van der Waals surface area contributed by atoms with Gasteiger partial charge in [-0.25, -0.2) is 9.78 Å². The number of halogens is 2. The lowest BCUT2D eigenvalue weighted by Crippen LogP contribution is -2.34. The first kappa shape index (κ1) is 17.9. The topological polar surface area (TPSA) is 45.2 Å². The highest BCUT2D eigenvalue weighted by Gasteiger charge is 2.18. The Morgan fingerprint density at radius 2 is 1.96 bits per heavy atom. The average molecular weight is 437 g/mol. The van der Waals surface area contributed by atoms with Crippen LogP contribution in [0.4, 0.5) is 15.6 Å². The molecule has 0 aliphatic rings. The Morgan fingerprint density at radius 3 is 2.64 bits per heavy atom. The van der Waals surface area contributed by atoms with E-state index in [4.69, 9.17) is 11.6 Å². The molecule has 3 aromatic rings. The molecule has 0 saturated heterocycles. The zero-order valence-electron chi connectivity index (χ0n) is 13.4. The van der Waals surface area contributed by atoms with Crippen molar-refractivity contribution in [2.45, 2.75) is 6.92 Å². The fourth-order valence-electron chi connectivity index (χ4n) is 2.25. The molecule has 0 spiro atoms. The van der Waals surface area contributed by atoms with Gasteiger partial charge in [-0.1, -0.05) is 51.8 Å². The summed E-state index contributed by atoms with van der Waals surface area (Å²) in [6.07, 6.45) is 0. The highest BCUT2D eigenvalue weighted by Crippen LogP contribution is 2.29. The largest absolute Gasteiger partial charge is 0.328 e. The molecule has 0 saturated carbocycles. The monoisotopic (exact) mass is 435 g/mol. The van der Waals surface area contributed by atoms with Gasteiger partial charge in [0.1, 0.15) is 0 Å². The maximum absolute atomic E-state index is 12.6. The molecule has 0 aliphatic heterocycles. The van der Waals surface area contributed by atoms with Gasteiger partial charge in [0.05, 0.1) is 16.4 Å². The maximum Gasteiger partial charge on any atom is 0.328 e. The number of anilines is 2. The Bertz CT molecular complexity index is 882. The van der Waals surface area contributed by atoms with Gasteiger partial charge in [-0.3, -0.25) is 4.90 Å². The van der Waals surface area contributed by atoms with Crippen LogP contribution in [0.1, 0.15) is 6.92 Å². The third-order valence-electron chi connectivity index (χ3n) is 3.54. The standard InChI is InChI=1S/C18H15BrClN3OS/c1-2-23(17(24)21-15-6-4-3-5-14(15)20)18-22-16(11-25-18)12-7-9-13(19)10-8-12/h3-11H,2H2,1H3,(H,21,24). The van der Waals surface area contributed by atoms with Crippen LogP contribution in [0.3, 0.4) is 0 Å². The maximum atomic E-state index is 12.6. The molecule has 0 aliphatic carbocycles. The van der Waals surface area contributed by atoms with Crippen LogP contribution in [0, 0.1) is 0 Å². The molecule has 128 valence electrons. The summed E-state index contributed by atoms with van der Waals surface area (Å²) in [6, 6.07) is 14.8. The third-order valence-corrected chi connectivity index (χ3v) is 5.26. The first-order chi connectivity index (χ1) is 12.1. The highest BCUT2D eigenvalue weighted by molar-refractivity contribution is 9.10. The Balaban J connectivity index is 1.80. The predicted octanol–water partition coefficient (Wildman–Crippen LogP) is 6.28. The number of nitrogens with zero attached hydrogens (tertiary/aromatic N) is 2. The van der Waals surface area contributed by atoms with Gasteiger partial charge in [-0.15, -0.1) is 11.3 Å². The summed E-state index contributed by atoms with van der Waals surface area (Å²) >= 11 is 11.0. The van der Waals surface area contributed by atoms with Crippen molar-refractivity contribution in [3.05, 3.63) is 63.4 Å². The molecule has 0 atom stereocenters. The average Bonchev–Trinajstić information content (AvgIpc) is 3.08. The Kier molecular flexibility index (Phi) is 5.73. The van der Waals surface area contributed by atoms with Crippen LogP contribution in [0.25, 0.3) is 11.3 Å². The molecule has 1 N–H and O–H groups in total. The SMILES string of the molecule is CCN(C(=O)Nc1ccccc1Cl)c1nc(-c2ccc(Br)cc2)cs1. The van der Waals surface area contributed by atoms with Gasteiger partial charge < -0.3 is 5.32 Å². The zero-order valence-corrected chi connectivity index (χ0v) is 16.5. The van der Waals surface area contributed by atoms with Gasteiger partial charge in [0.25, 0.3) is 0 Å². The van der Waals surface area contributed by atoms with Crippen molar-refractivity contribution in [1.29, 1.82) is 0 Å². The number of para-hydroxylation sites is 1. The summed E-state index contributed by atoms with van der Waals surface area (Å²) in [4.78, 5) is 18.8. The summed E-state index contributed by atoms with van der Waals surface area (Å²) in [5.41, 5.74) is 2.43. The van der Waals surface area contributed by atoms with E-state index in [9.17, 15) is 4.79 Å². The number of nitrogens with one attached hydrogen (secondary N) is 1. The van der Waals surface area contributed by atoms with E-state index in [0.717, 1.165) is 15.7 Å². The molecule has 0 fully saturated rings.